The minimum atomic E-state index is -0.354. The summed E-state index contributed by atoms with van der Waals surface area (Å²) in [7, 11) is 0. The summed E-state index contributed by atoms with van der Waals surface area (Å²) >= 11 is 8.60. The van der Waals surface area contributed by atoms with Gasteiger partial charge in [0.25, 0.3) is 0 Å². The van der Waals surface area contributed by atoms with E-state index in [4.69, 9.17) is 10.5 Å². The fourth-order valence-corrected chi connectivity index (χ4v) is 2.93. The summed E-state index contributed by atoms with van der Waals surface area (Å²) in [5.41, 5.74) is 6.20. The van der Waals surface area contributed by atoms with Crippen molar-refractivity contribution in [2.24, 2.45) is 0 Å². The molecule has 2 rings (SSSR count). The van der Waals surface area contributed by atoms with E-state index in [0.29, 0.717) is 20.8 Å². The van der Waals surface area contributed by atoms with Gasteiger partial charge in [-0.25, -0.2) is 4.39 Å². The lowest BCUT2D eigenvalue weighted by Gasteiger charge is -2.11. The number of hydrogen-bond donors (Lipinski definition) is 1. The number of ether oxygens (including phenoxy) is 1. The molecule has 0 radical (unpaired) electrons. The highest BCUT2D eigenvalue weighted by Crippen LogP contribution is 2.35. The van der Waals surface area contributed by atoms with Gasteiger partial charge in [0.15, 0.2) is 5.75 Å². The standard InChI is InChI=1S/C12H7Br2FINO/c13-6-1-2-11(7(14)3-6)18-12-4-8(15)9(16)5-10(12)17/h1-5H,17H2. The molecule has 0 atom stereocenters. The fraction of sp³-hybridized carbons (Fsp3) is 0. The molecule has 18 heavy (non-hydrogen) atoms. The summed E-state index contributed by atoms with van der Waals surface area (Å²) in [4.78, 5) is 0. The first-order chi connectivity index (χ1) is 8.47. The van der Waals surface area contributed by atoms with Crippen LogP contribution in [0.25, 0.3) is 0 Å². The molecule has 0 amide bonds. The Balaban J connectivity index is 2.37. The van der Waals surface area contributed by atoms with E-state index in [1.165, 1.54) is 12.1 Å². The topological polar surface area (TPSA) is 35.2 Å². The van der Waals surface area contributed by atoms with Crippen molar-refractivity contribution in [1.82, 2.24) is 0 Å². The minimum Gasteiger partial charge on any atom is -0.454 e. The summed E-state index contributed by atoms with van der Waals surface area (Å²) in [5.74, 6) is 0.523. The van der Waals surface area contributed by atoms with Crippen molar-refractivity contribution in [1.29, 1.82) is 0 Å². The SMILES string of the molecule is Nc1cc(I)c(F)cc1Oc1ccc(Br)cc1Br. The van der Waals surface area contributed by atoms with Crippen LogP contribution in [0, 0.1) is 9.39 Å². The van der Waals surface area contributed by atoms with Crippen molar-refractivity contribution in [2.75, 3.05) is 5.73 Å². The van der Waals surface area contributed by atoms with Crippen LogP contribution in [0.2, 0.25) is 0 Å². The molecule has 0 saturated carbocycles. The van der Waals surface area contributed by atoms with Crippen molar-refractivity contribution in [3.63, 3.8) is 0 Å². The molecule has 6 heteroatoms. The van der Waals surface area contributed by atoms with Crippen LogP contribution in [-0.4, -0.2) is 0 Å². The van der Waals surface area contributed by atoms with Crippen LogP contribution in [0.1, 0.15) is 0 Å². The van der Waals surface area contributed by atoms with Crippen molar-refractivity contribution < 1.29 is 9.13 Å². The molecule has 2 aromatic carbocycles. The van der Waals surface area contributed by atoms with Gasteiger partial charge in [0.2, 0.25) is 0 Å². The highest BCUT2D eigenvalue weighted by atomic mass is 127. The summed E-state index contributed by atoms with van der Waals surface area (Å²) in [6.07, 6.45) is 0. The Morgan fingerprint density at radius 3 is 2.50 bits per heavy atom. The fourth-order valence-electron chi connectivity index (χ4n) is 1.31. The van der Waals surface area contributed by atoms with E-state index in [0.717, 1.165) is 8.95 Å². The van der Waals surface area contributed by atoms with Crippen LogP contribution in [-0.2, 0) is 0 Å². The van der Waals surface area contributed by atoms with Gasteiger partial charge in [0.1, 0.15) is 11.6 Å². The van der Waals surface area contributed by atoms with Gasteiger partial charge in [-0.2, -0.15) is 0 Å². The minimum absolute atomic E-state index is 0.302. The molecule has 2 aromatic rings. The third kappa shape index (κ3) is 3.16. The van der Waals surface area contributed by atoms with Crippen molar-refractivity contribution in [3.8, 4) is 11.5 Å². The molecule has 2 N–H and O–H groups in total. The first kappa shape index (κ1) is 14.1. The van der Waals surface area contributed by atoms with E-state index in [9.17, 15) is 4.39 Å². The second-order valence-electron chi connectivity index (χ2n) is 3.48. The predicted molar refractivity (Wildman–Crippen MR) is 85.4 cm³/mol. The maximum Gasteiger partial charge on any atom is 0.153 e. The molecule has 0 aliphatic rings. The lowest BCUT2D eigenvalue weighted by Crippen LogP contribution is -1.95. The molecule has 0 spiro atoms. The number of nitrogen functional groups attached to an aromatic ring is 1. The van der Waals surface area contributed by atoms with Crippen LogP contribution in [0.5, 0.6) is 11.5 Å². The Morgan fingerprint density at radius 2 is 1.83 bits per heavy atom. The van der Waals surface area contributed by atoms with E-state index in [-0.39, 0.29) is 5.82 Å². The molecule has 0 heterocycles. The van der Waals surface area contributed by atoms with Gasteiger partial charge in [-0.05, 0) is 62.8 Å². The first-order valence-electron chi connectivity index (χ1n) is 4.85. The summed E-state index contributed by atoms with van der Waals surface area (Å²) < 4.78 is 21.2. The molecule has 0 fully saturated rings. The van der Waals surface area contributed by atoms with Gasteiger partial charge in [0.05, 0.1) is 13.7 Å². The summed E-state index contributed by atoms with van der Waals surface area (Å²) in [5, 5.41) is 0. The van der Waals surface area contributed by atoms with Crippen molar-refractivity contribution in [3.05, 3.63) is 48.7 Å². The summed E-state index contributed by atoms with van der Waals surface area (Å²) in [6, 6.07) is 8.26. The largest absolute Gasteiger partial charge is 0.454 e. The average molecular weight is 487 g/mol. The number of nitrogens with two attached hydrogens (primary N) is 1. The molecule has 0 bridgehead atoms. The quantitative estimate of drug-likeness (QED) is 0.460. The van der Waals surface area contributed by atoms with E-state index < -0.39 is 0 Å². The molecular formula is C12H7Br2FINO. The van der Waals surface area contributed by atoms with E-state index >= 15 is 0 Å². The number of rotatable bonds is 2. The van der Waals surface area contributed by atoms with E-state index in [2.05, 4.69) is 31.9 Å². The van der Waals surface area contributed by atoms with E-state index in [1.807, 2.05) is 34.7 Å². The molecule has 0 aliphatic heterocycles. The van der Waals surface area contributed by atoms with Crippen LogP contribution in [0.4, 0.5) is 10.1 Å². The van der Waals surface area contributed by atoms with Crippen molar-refractivity contribution >= 4 is 60.1 Å². The molecular weight excluding hydrogens is 480 g/mol. The molecule has 0 aliphatic carbocycles. The lowest BCUT2D eigenvalue weighted by atomic mass is 10.3. The van der Waals surface area contributed by atoms with Gasteiger partial charge in [-0.3, -0.25) is 0 Å². The number of benzene rings is 2. The Morgan fingerprint density at radius 1 is 1.11 bits per heavy atom. The van der Waals surface area contributed by atoms with Gasteiger partial charge in [-0.1, -0.05) is 15.9 Å². The highest BCUT2D eigenvalue weighted by molar-refractivity contribution is 14.1. The van der Waals surface area contributed by atoms with Crippen LogP contribution in [0.3, 0.4) is 0 Å². The Labute approximate surface area is 134 Å². The molecule has 0 saturated heterocycles. The highest BCUT2D eigenvalue weighted by Gasteiger charge is 2.10. The molecule has 2 nitrogen and oxygen atoms in total. The summed E-state index contributed by atoms with van der Waals surface area (Å²) in [6.45, 7) is 0. The van der Waals surface area contributed by atoms with Gasteiger partial charge in [0, 0.05) is 10.5 Å². The Hall–Kier alpha value is -0.340. The average Bonchev–Trinajstić information content (AvgIpc) is 2.29. The van der Waals surface area contributed by atoms with E-state index in [1.54, 1.807) is 6.07 Å². The van der Waals surface area contributed by atoms with Crippen molar-refractivity contribution in [2.45, 2.75) is 0 Å². The Bertz CT molecular complexity index is 607. The zero-order valence-corrected chi connectivity index (χ0v) is 14.2. The third-order valence-electron chi connectivity index (χ3n) is 2.17. The van der Waals surface area contributed by atoms with Gasteiger partial charge < -0.3 is 10.5 Å². The normalized spacial score (nSPS) is 10.4. The zero-order chi connectivity index (χ0) is 13.3. The molecule has 0 unspecified atom stereocenters. The van der Waals surface area contributed by atoms with Gasteiger partial charge in [-0.15, -0.1) is 0 Å². The third-order valence-corrected chi connectivity index (χ3v) is 4.11. The second kappa shape index (κ2) is 5.75. The van der Waals surface area contributed by atoms with Crippen LogP contribution in [0.15, 0.2) is 39.3 Å². The molecule has 0 aromatic heterocycles. The zero-order valence-electron chi connectivity index (χ0n) is 8.88. The number of halogens is 4. The maximum absolute atomic E-state index is 13.5. The molecule has 94 valence electrons. The lowest BCUT2D eigenvalue weighted by molar-refractivity contribution is 0.475. The van der Waals surface area contributed by atoms with Crippen LogP contribution < -0.4 is 10.5 Å². The monoisotopic (exact) mass is 485 g/mol. The maximum atomic E-state index is 13.5. The van der Waals surface area contributed by atoms with Crippen LogP contribution >= 0.6 is 54.5 Å². The number of anilines is 1. The second-order valence-corrected chi connectivity index (χ2v) is 6.41. The predicted octanol–water partition coefficient (Wildman–Crippen LogP) is 5.33. The smallest absolute Gasteiger partial charge is 0.153 e. The number of hydrogen-bond acceptors (Lipinski definition) is 2. The van der Waals surface area contributed by atoms with Gasteiger partial charge >= 0.3 is 0 Å². The first-order valence-corrected chi connectivity index (χ1v) is 7.51. The Kier molecular flexibility index (Phi) is 4.50.